The van der Waals surface area contributed by atoms with Crippen molar-refractivity contribution >= 4 is 5.91 Å². The van der Waals surface area contributed by atoms with Crippen LogP contribution in [0.2, 0.25) is 0 Å². The van der Waals surface area contributed by atoms with Crippen LogP contribution in [0.15, 0.2) is 0 Å². The van der Waals surface area contributed by atoms with E-state index in [4.69, 9.17) is 0 Å². The van der Waals surface area contributed by atoms with Gasteiger partial charge in [-0.3, -0.25) is 4.79 Å². The smallest absolute Gasteiger partial charge is 0.220 e. The first kappa shape index (κ1) is 15.8. The largest absolute Gasteiger partial charge is 0.353 e. The Morgan fingerprint density at radius 3 is 2.75 bits per heavy atom. The number of piperidine rings is 1. The molecule has 20 heavy (non-hydrogen) atoms. The van der Waals surface area contributed by atoms with Crippen LogP contribution in [0.3, 0.4) is 0 Å². The van der Waals surface area contributed by atoms with Crippen LogP contribution in [0.4, 0.5) is 0 Å². The highest BCUT2D eigenvalue weighted by molar-refractivity contribution is 5.76. The molecule has 2 aliphatic rings. The summed E-state index contributed by atoms with van der Waals surface area (Å²) in [4.78, 5) is 12.3. The van der Waals surface area contributed by atoms with Crippen LogP contribution in [-0.4, -0.2) is 25.0 Å². The Bertz CT molecular complexity index is 299. The van der Waals surface area contributed by atoms with E-state index in [0.717, 1.165) is 13.1 Å². The van der Waals surface area contributed by atoms with Crippen LogP contribution in [0.5, 0.6) is 0 Å². The Kier molecular flexibility index (Phi) is 6.34. The summed E-state index contributed by atoms with van der Waals surface area (Å²) in [6.07, 6.45) is 9.63. The SMILES string of the molecule is CC(CC(=O)NC1CCCCCC1C)C1CCCNC1. The molecular weight excluding hydrogens is 248 g/mol. The fourth-order valence-corrected chi connectivity index (χ4v) is 3.80. The molecule has 0 bridgehead atoms. The summed E-state index contributed by atoms with van der Waals surface area (Å²) in [6.45, 7) is 6.78. The van der Waals surface area contributed by atoms with Crippen LogP contribution in [0.25, 0.3) is 0 Å². The van der Waals surface area contributed by atoms with E-state index in [2.05, 4.69) is 24.5 Å². The van der Waals surface area contributed by atoms with Crippen LogP contribution >= 0.6 is 0 Å². The first-order valence-corrected chi connectivity index (χ1v) is 8.67. The van der Waals surface area contributed by atoms with Crippen molar-refractivity contribution in [3.05, 3.63) is 0 Å². The van der Waals surface area contributed by atoms with Crippen molar-refractivity contribution in [1.29, 1.82) is 0 Å². The normalized spacial score (nSPS) is 33.2. The quantitative estimate of drug-likeness (QED) is 0.777. The van der Waals surface area contributed by atoms with Crippen molar-refractivity contribution in [1.82, 2.24) is 10.6 Å². The van der Waals surface area contributed by atoms with Crippen LogP contribution in [0, 0.1) is 17.8 Å². The number of nitrogens with one attached hydrogen (secondary N) is 2. The van der Waals surface area contributed by atoms with Crippen molar-refractivity contribution < 1.29 is 4.79 Å². The lowest BCUT2D eigenvalue weighted by Crippen LogP contribution is -2.41. The number of carbonyl (C=O) groups is 1. The minimum Gasteiger partial charge on any atom is -0.353 e. The lowest BCUT2D eigenvalue weighted by atomic mass is 9.85. The summed E-state index contributed by atoms with van der Waals surface area (Å²) >= 11 is 0. The fourth-order valence-electron chi connectivity index (χ4n) is 3.80. The highest BCUT2D eigenvalue weighted by atomic mass is 16.1. The number of hydrogen-bond donors (Lipinski definition) is 2. The monoisotopic (exact) mass is 280 g/mol. The third-order valence-electron chi connectivity index (χ3n) is 5.35. The van der Waals surface area contributed by atoms with Gasteiger partial charge >= 0.3 is 0 Å². The van der Waals surface area contributed by atoms with Gasteiger partial charge in [0.2, 0.25) is 5.91 Å². The first-order valence-electron chi connectivity index (χ1n) is 8.67. The van der Waals surface area contributed by atoms with Crippen molar-refractivity contribution in [3.63, 3.8) is 0 Å². The van der Waals surface area contributed by atoms with Crippen LogP contribution in [-0.2, 0) is 4.79 Å². The van der Waals surface area contributed by atoms with Gasteiger partial charge in [0.15, 0.2) is 0 Å². The molecule has 0 aromatic carbocycles. The fraction of sp³-hybridized carbons (Fsp3) is 0.941. The maximum Gasteiger partial charge on any atom is 0.220 e. The van der Waals surface area contributed by atoms with E-state index in [9.17, 15) is 4.79 Å². The first-order chi connectivity index (χ1) is 9.66. The number of rotatable bonds is 4. The van der Waals surface area contributed by atoms with Gasteiger partial charge < -0.3 is 10.6 Å². The summed E-state index contributed by atoms with van der Waals surface area (Å²) in [5.41, 5.74) is 0. The summed E-state index contributed by atoms with van der Waals surface area (Å²) in [7, 11) is 0. The second-order valence-corrected chi connectivity index (χ2v) is 7.08. The Morgan fingerprint density at radius 1 is 1.20 bits per heavy atom. The summed E-state index contributed by atoms with van der Waals surface area (Å²) in [6, 6.07) is 0.418. The molecule has 2 N–H and O–H groups in total. The van der Waals surface area contributed by atoms with Crippen molar-refractivity contribution in [2.24, 2.45) is 17.8 Å². The minimum atomic E-state index is 0.279. The average molecular weight is 280 g/mol. The van der Waals surface area contributed by atoms with Crippen molar-refractivity contribution in [3.8, 4) is 0 Å². The van der Waals surface area contributed by atoms with E-state index >= 15 is 0 Å². The molecule has 3 nitrogen and oxygen atoms in total. The lowest BCUT2D eigenvalue weighted by molar-refractivity contribution is -0.123. The Labute approximate surface area is 124 Å². The minimum absolute atomic E-state index is 0.279. The zero-order valence-corrected chi connectivity index (χ0v) is 13.3. The third kappa shape index (κ3) is 4.76. The molecule has 2 fully saturated rings. The lowest BCUT2D eigenvalue weighted by Gasteiger charge is -2.29. The molecule has 0 aromatic heterocycles. The molecule has 1 aliphatic heterocycles. The molecule has 4 unspecified atom stereocenters. The molecule has 1 saturated heterocycles. The van der Waals surface area contributed by atoms with E-state index in [1.165, 1.54) is 44.9 Å². The third-order valence-corrected chi connectivity index (χ3v) is 5.35. The zero-order valence-electron chi connectivity index (χ0n) is 13.3. The second-order valence-electron chi connectivity index (χ2n) is 7.08. The van der Waals surface area contributed by atoms with Gasteiger partial charge in [-0.2, -0.15) is 0 Å². The van der Waals surface area contributed by atoms with Gasteiger partial charge in [-0.1, -0.05) is 33.1 Å². The average Bonchev–Trinajstić information content (AvgIpc) is 2.65. The van der Waals surface area contributed by atoms with Crippen molar-refractivity contribution in [2.45, 2.75) is 71.3 Å². The van der Waals surface area contributed by atoms with Gasteiger partial charge in [-0.05, 0) is 56.5 Å². The molecule has 2 rings (SSSR count). The maximum absolute atomic E-state index is 12.3. The van der Waals surface area contributed by atoms with Gasteiger partial charge in [-0.25, -0.2) is 0 Å². The topological polar surface area (TPSA) is 41.1 Å². The zero-order chi connectivity index (χ0) is 14.4. The number of amides is 1. The second kappa shape index (κ2) is 8.02. The van der Waals surface area contributed by atoms with E-state index in [0.29, 0.717) is 30.2 Å². The molecule has 4 atom stereocenters. The number of carbonyl (C=O) groups excluding carboxylic acids is 1. The molecular formula is C17H32N2O. The van der Waals surface area contributed by atoms with Gasteiger partial charge in [0, 0.05) is 12.5 Å². The predicted molar refractivity (Wildman–Crippen MR) is 83.6 cm³/mol. The van der Waals surface area contributed by atoms with Gasteiger partial charge in [0.05, 0.1) is 0 Å². The molecule has 116 valence electrons. The van der Waals surface area contributed by atoms with Gasteiger partial charge in [0.1, 0.15) is 0 Å². The summed E-state index contributed by atoms with van der Waals surface area (Å²) < 4.78 is 0. The molecule has 1 amide bonds. The maximum atomic E-state index is 12.3. The van der Waals surface area contributed by atoms with Crippen LogP contribution in [0.1, 0.15) is 65.2 Å². The van der Waals surface area contributed by atoms with Gasteiger partial charge in [-0.15, -0.1) is 0 Å². The molecule has 0 aromatic rings. The number of hydrogen-bond acceptors (Lipinski definition) is 2. The van der Waals surface area contributed by atoms with E-state index in [1.807, 2.05) is 0 Å². The highest BCUT2D eigenvalue weighted by Crippen LogP contribution is 2.25. The molecule has 3 heteroatoms. The molecule has 0 spiro atoms. The van der Waals surface area contributed by atoms with E-state index < -0.39 is 0 Å². The molecule has 1 heterocycles. The molecule has 1 saturated carbocycles. The van der Waals surface area contributed by atoms with E-state index in [1.54, 1.807) is 0 Å². The van der Waals surface area contributed by atoms with Crippen LogP contribution < -0.4 is 10.6 Å². The van der Waals surface area contributed by atoms with Crippen molar-refractivity contribution in [2.75, 3.05) is 13.1 Å². The standard InChI is InChI=1S/C17H32N2O/c1-13-7-4-3-5-9-16(13)19-17(20)11-14(2)15-8-6-10-18-12-15/h13-16,18H,3-12H2,1-2H3,(H,19,20). The Hall–Kier alpha value is -0.570. The van der Waals surface area contributed by atoms with Gasteiger partial charge in [0.25, 0.3) is 0 Å². The predicted octanol–water partition coefficient (Wildman–Crippen LogP) is 3.10. The Balaban J connectivity index is 1.75. The summed E-state index contributed by atoms with van der Waals surface area (Å²) in [5.74, 6) is 2.11. The summed E-state index contributed by atoms with van der Waals surface area (Å²) in [5, 5.41) is 6.77. The Morgan fingerprint density at radius 2 is 2.00 bits per heavy atom. The molecule has 0 radical (unpaired) electrons. The molecule has 1 aliphatic carbocycles. The van der Waals surface area contributed by atoms with E-state index in [-0.39, 0.29) is 5.91 Å². The highest BCUT2D eigenvalue weighted by Gasteiger charge is 2.25.